The number of halogens is 3. The first kappa shape index (κ1) is 14.2. The van der Waals surface area contributed by atoms with E-state index in [4.69, 9.17) is 5.11 Å². The standard InChI is InChI=1S/C14H15F3N2O2/c15-14(16,17)11-3-9(4-11)12-2-1-8(5-18-12)10-6-19(7-10)13(20)21/h1-2,5,9-11H,3-4,6-7H2,(H,20,21). The van der Waals surface area contributed by atoms with Gasteiger partial charge in [0.25, 0.3) is 0 Å². The molecule has 0 radical (unpaired) electrons. The highest BCUT2D eigenvalue weighted by Gasteiger charge is 2.48. The van der Waals surface area contributed by atoms with Gasteiger partial charge in [0.15, 0.2) is 0 Å². The third-order valence-corrected chi connectivity index (χ3v) is 4.45. The minimum Gasteiger partial charge on any atom is -0.465 e. The first-order valence-electron chi connectivity index (χ1n) is 6.85. The minimum atomic E-state index is -4.09. The summed E-state index contributed by atoms with van der Waals surface area (Å²) in [5, 5.41) is 8.76. The van der Waals surface area contributed by atoms with Crippen LogP contribution in [0.15, 0.2) is 18.3 Å². The van der Waals surface area contributed by atoms with E-state index in [9.17, 15) is 18.0 Å². The van der Waals surface area contributed by atoms with Gasteiger partial charge in [-0.15, -0.1) is 0 Å². The van der Waals surface area contributed by atoms with Crippen LogP contribution in [-0.4, -0.2) is 40.3 Å². The van der Waals surface area contributed by atoms with E-state index in [-0.39, 0.29) is 24.7 Å². The van der Waals surface area contributed by atoms with E-state index in [1.54, 1.807) is 12.3 Å². The lowest BCUT2D eigenvalue weighted by Crippen LogP contribution is -2.47. The van der Waals surface area contributed by atoms with Gasteiger partial charge in [-0.05, 0) is 24.5 Å². The van der Waals surface area contributed by atoms with Gasteiger partial charge in [0.2, 0.25) is 0 Å². The van der Waals surface area contributed by atoms with Gasteiger partial charge in [0.05, 0.1) is 5.92 Å². The molecule has 2 heterocycles. The van der Waals surface area contributed by atoms with Crippen LogP contribution in [0.25, 0.3) is 0 Å². The van der Waals surface area contributed by atoms with Gasteiger partial charge in [-0.1, -0.05) is 6.07 Å². The largest absolute Gasteiger partial charge is 0.465 e. The van der Waals surface area contributed by atoms with Crippen LogP contribution in [0.4, 0.5) is 18.0 Å². The number of carbonyl (C=O) groups is 1. The maximum Gasteiger partial charge on any atom is 0.407 e. The predicted molar refractivity (Wildman–Crippen MR) is 68.1 cm³/mol. The molecule has 1 N–H and O–H groups in total. The van der Waals surface area contributed by atoms with E-state index in [1.165, 1.54) is 4.90 Å². The Kier molecular flexibility index (Phi) is 3.30. The predicted octanol–water partition coefficient (Wildman–Crippen LogP) is 3.21. The summed E-state index contributed by atoms with van der Waals surface area (Å²) in [6.45, 7) is 0.909. The average Bonchev–Trinajstić information content (AvgIpc) is 2.24. The Labute approximate surface area is 119 Å². The van der Waals surface area contributed by atoms with Crippen LogP contribution in [0.2, 0.25) is 0 Å². The third-order valence-electron chi connectivity index (χ3n) is 4.45. The zero-order chi connectivity index (χ0) is 15.2. The Bertz CT molecular complexity index is 532. The molecule has 0 bridgehead atoms. The molecule has 4 nitrogen and oxygen atoms in total. The van der Waals surface area contributed by atoms with Crippen LogP contribution in [0.3, 0.4) is 0 Å². The Morgan fingerprint density at radius 1 is 1.24 bits per heavy atom. The second-order valence-electron chi connectivity index (χ2n) is 5.81. The monoisotopic (exact) mass is 300 g/mol. The molecule has 0 atom stereocenters. The number of pyridine rings is 1. The number of aromatic nitrogens is 1. The lowest BCUT2D eigenvalue weighted by Gasteiger charge is -2.38. The molecule has 2 fully saturated rings. The first-order valence-corrected chi connectivity index (χ1v) is 6.85. The van der Waals surface area contributed by atoms with E-state index in [0.717, 1.165) is 5.56 Å². The van der Waals surface area contributed by atoms with Gasteiger partial charge in [0.1, 0.15) is 0 Å². The molecule has 1 aromatic heterocycles. The van der Waals surface area contributed by atoms with Crippen molar-refractivity contribution in [2.45, 2.75) is 30.9 Å². The molecule has 2 aliphatic rings. The number of alkyl halides is 3. The molecule has 1 aliphatic carbocycles. The Hall–Kier alpha value is -1.79. The van der Waals surface area contributed by atoms with Crippen LogP contribution < -0.4 is 0 Å². The van der Waals surface area contributed by atoms with Crippen molar-refractivity contribution in [2.24, 2.45) is 5.92 Å². The maximum absolute atomic E-state index is 12.4. The number of carboxylic acid groups (broad SMARTS) is 1. The number of likely N-dealkylation sites (tertiary alicyclic amines) is 1. The molecule has 1 saturated heterocycles. The molecular weight excluding hydrogens is 285 g/mol. The van der Waals surface area contributed by atoms with Crippen molar-refractivity contribution < 1.29 is 23.1 Å². The summed E-state index contributed by atoms with van der Waals surface area (Å²) in [5.74, 6) is -1.16. The van der Waals surface area contributed by atoms with Gasteiger partial charge >= 0.3 is 12.3 Å². The fourth-order valence-corrected chi connectivity index (χ4v) is 2.87. The molecule has 1 saturated carbocycles. The smallest absolute Gasteiger partial charge is 0.407 e. The second-order valence-corrected chi connectivity index (χ2v) is 5.81. The summed E-state index contributed by atoms with van der Waals surface area (Å²) in [7, 11) is 0. The van der Waals surface area contributed by atoms with Gasteiger partial charge in [0, 0.05) is 36.8 Å². The zero-order valence-electron chi connectivity index (χ0n) is 11.2. The lowest BCUT2D eigenvalue weighted by molar-refractivity contribution is -0.197. The Morgan fingerprint density at radius 2 is 1.90 bits per heavy atom. The lowest BCUT2D eigenvalue weighted by atomic mass is 9.72. The SMILES string of the molecule is O=C(O)N1CC(c2ccc(C3CC(C(F)(F)F)C3)nc2)C1. The average molecular weight is 300 g/mol. The van der Waals surface area contributed by atoms with Crippen molar-refractivity contribution >= 4 is 6.09 Å². The van der Waals surface area contributed by atoms with Crippen LogP contribution in [0, 0.1) is 5.92 Å². The summed E-state index contributed by atoms with van der Waals surface area (Å²) in [4.78, 5) is 16.3. The zero-order valence-corrected chi connectivity index (χ0v) is 11.2. The summed E-state index contributed by atoms with van der Waals surface area (Å²) in [5.41, 5.74) is 1.65. The van der Waals surface area contributed by atoms with Crippen LogP contribution >= 0.6 is 0 Å². The fourth-order valence-electron chi connectivity index (χ4n) is 2.87. The molecule has 3 rings (SSSR count). The number of hydrogen-bond acceptors (Lipinski definition) is 2. The van der Waals surface area contributed by atoms with Crippen molar-refractivity contribution in [2.75, 3.05) is 13.1 Å². The van der Waals surface area contributed by atoms with Gasteiger partial charge in [-0.25, -0.2) is 4.79 Å². The normalized spacial score (nSPS) is 26.1. The molecule has 21 heavy (non-hydrogen) atoms. The van der Waals surface area contributed by atoms with Crippen LogP contribution in [-0.2, 0) is 0 Å². The highest BCUT2D eigenvalue weighted by atomic mass is 19.4. The van der Waals surface area contributed by atoms with Crippen molar-refractivity contribution in [1.29, 1.82) is 0 Å². The van der Waals surface area contributed by atoms with Gasteiger partial charge < -0.3 is 10.0 Å². The summed E-state index contributed by atoms with van der Waals surface area (Å²) in [6, 6.07) is 3.63. The number of amides is 1. The highest BCUT2D eigenvalue weighted by molar-refractivity contribution is 5.66. The van der Waals surface area contributed by atoms with Crippen molar-refractivity contribution in [3.05, 3.63) is 29.6 Å². The Morgan fingerprint density at radius 3 is 2.38 bits per heavy atom. The molecular formula is C14H15F3N2O2. The van der Waals surface area contributed by atoms with E-state index in [0.29, 0.717) is 18.8 Å². The third kappa shape index (κ3) is 2.69. The molecule has 0 spiro atoms. The van der Waals surface area contributed by atoms with E-state index >= 15 is 0 Å². The molecule has 7 heteroatoms. The van der Waals surface area contributed by atoms with Crippen LogP contribution in [0.5, 0.6) is 0 Å². The van der Waals surface area contributed by atoms with E-state index < -0.39 is 18.2 Å². The first-order chi connectivity index (χ1) is 9.84. The molecule has 1 aliphatic heterocycles. The van der Waals surface area contributed by atoms with Crippen molar-refractivity contribution in [1.82, 2.24) is 9.88 Å². The molecule has 1 aromatic rings. The highest BCUT2D eigenvalue weighted by Crippen LogP contribution is 2.49. The van der Waals surface area contributed by atoms with E-state index in [1.807, 2.05) is 6.07 Å². The van der Waals surface area contributed by atoms with Gasteiger partial charge in [-0.2, -0.15) is 13.2 Å². The summed E-state index contributed by atoms with van der Waals surface area (Å²) >= 11 is 0. The van der Waals surface area contributed by atoms with Crippen molar-refractivity contribution in [3.63, 3.8) is 0 Å². The Balaban J connectivity index is 1.56. The number of nitrogens with zero attached hydrogens (tertiary/aromatic N) is 2. The molecule has 0 aromatic carbocycles. The van der Waals surface area contributed by atoms with E-state index in [2.05, 4.69) is 4.98 Å². The summed E-state index contributed by atoms with van der Waals surface area (Å²) in [6.07, 6.45) is -3.12. The van der Waals surface area contributed by atoms with Crippen molar-refractivity contribution in [3.8, 4) is 0 Å². The summed E-state index contributed by atoms with van der Waals surface area (Å²) < 4.78 is 37.3. The molecule has 0 unspecified atom stereocenters. The quantitative estimate of drug-likeness (QED) is 0.912. The van der Waals surface area contributed by atoms with Crippen LogP contribution in [0.1, 0.15) is 35.9 Å². The second kappa shape index (κ2) is 4.89. The fraction of sp³-hybridized carbons (Fsp3) is 0.571. The molecule has 1 amide bonds. The minimum absolute atomic E-state index is 0.109. The van der Waals surface area contributed by atoms with Gasteiger partial charge in [-0.3, -0.25) is 4.98 Å². The number of rotatable bonds is 2. The topological polar surface area (TPSA) is 53.4 Å². The number of hydrogen-bond donors (Lipinski definition) is 1. The molecule has 114 valence electrons. The maximum atomic E-state index is 12.4.